The highest BCUT2D eigenvalue weighted by Gasteiger charge is 2.22. The van der Waals surface area contributed by atoms with Gasteiger partial charge >= 0.3 is 5.97 Å². The summed E-state index contributed by atoms with van der Waals surface area (Å²) in [6.45, 7) is 5.11. The highest BCUT2D eigenvalue weighted by atomic mass is 16.5. The average molecular weight is 161 g/mol. The molecule has 0 aromatic carbocycles. The molecule has 0 fully saturated rings. The lowest BCUT2D eigenvalue weighted by Gasteiger charge is -2.26. The van der Waals surface area contributed by atoms with Crippen LogP contribution in [0.4, 0.5) is 0 Å². The third-order valence-electron chi connectivity index (χ3n) is 1.44. The largest absolute Gasteiger partial charge is 0.480 e. The Kier molecular flexibility index (Phi) is 3.48. The molecule has 0 amide bonds. The molecule has 0 spiro atoms. The van der Waals surface area contributed by atoms with E-state index in [0.29, 0.717) is 0 Å². The molecule has 11 heavy (non-hydrogen) atoms. The summed E-state index contributed by atoms with van der Waals surface area (Å²) < 4.78 is 4.98. The van der Waals surface area contributed by atoms with Crippen LogP contribution in [-0.2, 0) is 9.53 Å². The number of methoxy groups -OCH3 is 1. The Labute approximate surface area is 66.5 Å². The molecule has 0 aliphatic rings. The van der Waals surface area contributed by atoms with Crippen molar-refractivity contribution in [2.45, 2.75) is 32.5 Å². The first-order chi connectivity index (χ1) is 4.89. The third kappa shape index (κ3) is 3.95. The van der Waals surface area contributed by atoms with E-state index in [-0.39, 0.29) is 0 Å². The molecule has 0 saturated carbocycles. The van der Waals surface area contributed by atoms with Crippen molar-refractivity contribution in [3.63, 3.8) is 0 Å². The maximum Gasteiger partial charge on any atom is 0.320 e. The van der Waals surface area contributed by atoms with Gasteiger partial charge in [-0.3, -0.25) is 10.1 Å². The average Bonchev–Trinajstić information content (AvgIpc) is 1.87. The van der Waals surface area contributed by atoms with E-state index in [1.165, 1.54) is 7.11 Å². The Morgan fingerprint density at radius 3 is 2.36 bits per heavy atom. The van der Waals surface area contributed by atoms with Gasteiger partial charge in [-0.2, -0.15) is 0 Å². The minimum Gasteiger partial charge on any atom is -0.480 e. The van der Waals surface area contributed by atoms with Crippen LogP contribution in [0.15, 0.2) is 0 Å². The molecular weight excluding hydrogens is 146 g/mol. The van der Waals surface area contributed by atoms with Gasteiger partial charge in [0.25, 0.3) is 0 Å². The van der Waals surface area contributed by atoms with E-state index in [2.05, 4.69) is 5.32 Å². The maximum atomic E-state index is 10.4. The van der Waals surface area contributed by atoms with Gasteiger partial charge in [0.2, 0.25) is 0 Å². The monoisotopic (exact) mass is 161 g/mol. The van der Waals surface area contributed by atoms with Crippen LogP contribution in [0.2, 0.25) is 0 Å². The van der Waals surface area contributed by atoms with Gasteiger partial charge in [0.05, 0.1) is 0 Å². The maximum absolute atomic E-state index is 10.4. The quantitative estimate of drug-likeness (QED) is 0.587. The Bertz CT molecular complexity index is 145. The van der Waals surface area contributed by atoms with Crippen LogP contribution in [-0.4, -0.2) is 30.0 Å². The van der Waals surface area contributed by atoms with E-state index in [1.54, 1.807) is 20.8 Å². The molecule has 0 saturated heterocycles. The van der Waals surface area contributed by atoms with Crippen molar-refractivity contribution >= 4 is 5.97 Å². The van der Waals surface area contributed by atoms with Gasteiger partial charge in [-0.1, -0.05) is 0 Å². The van der Waals surface area contributed by atoms with E-state index in [0.717, 1.165) is 0 Å². The molecule has 0 bridgehead atoms. The molecule has 0 unspecified atom stereocenters. The van der Waals surface area contributed by atoms with Crippen molar-refractivity contribution in [2.24, 2.45) is 0 Å². The summed E-state index contributed by atoms with van der Waals surface area (Å²) in [5.41, 5.74) is -0.586. The Morgan fingerprint density at radius 2 is 2.09 bits per heavy atom. The van der Waals surface area contributed by atoms with Gasteiger partial charge in [0.1, 0.15) is 11.8 Å². The Morgan fingerprint density at radius 1 is 1.64 bits per heavy atom. The predicted octanol–water partition coefficient (Wildman–Crippen LogP) is 0.432. The van der Waals surface area contributed by atoms with Crippen LogP contribution in [0.25, 0.3) is 0 Å². The number of carboxylic acids is 1. The van der Waals surface area contributed by atoms with Crippen LogP contribution in [0.3, 0.4) is 0 Å². The van der Waals surface area contributed by atoms with Crippen LogP contribution >= 0.6 is 0 Å². The normalized spacial score (nSPS) is 14.5. The van der Waals surface area contributed by atoms with E-state index in [4.69, 9.17) is 9.84 Å². The summed E-state index contributed by atoms with van der Waals surface area (Å²) in [4.78, 5) is 10.4. The summed E-state index contributed by atoms with van der Waals surface area (Å²) in [5, 5.41) is 11.3. The van der Waals surface area contributed by atoms with Gasteiger partial charge < -0.3 is 9.84 Å². The summed E-state index contributed by atoms with van der Waals surface area (Å²) in [7, 11) is 1.53. The molecule has 0 heterocycles. The van der Waals surface area contributed by atoms with Gasteiger partial charge in [-0.25, -0.2) is 0 Å². The first-order valence-electron chi connectivity index (χ1n) is 3.44. The minimum absolute atomic E-state index is 0.586. The van der Waals surface area contributed by atoms with Gasteiger partial charge in [-0.05, 0) is 20.8 Å². The number of hydrogen-bond acceptors (Lipinski definition) is 3. The first kappa shape index (κ1) is 10.4. The van der Waals surface area contributed by atoms with Gasteiger partial charge in [0, 0.05) is 7.11 Å². The number of ether oxygens (including phenoxy) is 1. The van der Waals surface area contributed by atoms with E-state index in [1.807, 2.05) is 0 Å². The Hall–Kier alpha value is -0.610. The molecule has 0 radical (unpaired) electrons. The standard InChI is InChI=1S/C7H15NO3/c1-5(6(9)10)8-7(2,3)11-4/h5,8H,1-4H3,(H,9,10)/t5-/m0/s1. The lowest BCUT2D eigenvalue weighted by Crippen LogP contribution is -2.49. The highest BCUT2D eigenvalue weighted by molar-refractivity contribution is 5.72. The molecule has 4 nitrogen and oxygen atoms in total. The predicted molar refractivity (Wildman–Crippen MR) is 41.3 cm³/mol. The van der Waals surface area contributed by atoms with Crippen LogP contribution < -0.4 is 5.32 Å². The van der Waals surface area contributed by atoms with Crippen molar-refractivity contribution in [2.75, 3.05) is 7.11 Å². The molecule has 2 N–H and O–H groups in total. The van der Waals surface area contributed by atoms with Gasteiger partial charge in [0.15, 0.2) is 0 Å². The fourth-order valence-corrected chi connectivity index (χ4v) is 0.642. The fourth-order valence-electron chi connectivity index (χ4n) is 0.642. The minimum atomic E-state index is -0.880. The number of rotatable bonds is 4. The lowest BCUT2D eigenvalue weighted by molar-refractivity contribution is -0.141. The second-order valence-corrected chi connectivity index (χ2v) is 2.92. The third-order valence-corrected chi connectivity index (χ3v) is 1.44. The number of aliphatic carboxylic acids is 1. The summed E-state index contributed by atoms with van der Waals surface area (Å²) in [6, 6.07) is -0.593. The highest BCUT2D eigenvalue weighted by Crippen LogP contribution is 2.03. The van der Waals surface area contributed by atoms with E-state index in [9.17, 15) is 4.79 Å². The first-order valence-corrected chi connectivity index (χ1v) is 3.44. The lowest BCUT2D eigenvalue weighted by atomic mass is 10.2. The van der Waals surface area contributed by atoms with Crippen LogP contribution in [0, 0.1) is 0 Å². The molecule has 0 rings (SSSR count). The van der Waals surface area contributed by atoms with Crippen molar-refractivity contribution in [3.05, 3.63) is 0 Å². The zero-order valence-electron chi connectivity index (χ0n) is 7.34. The molecule has 0 aliphatic carbocycles. The number of nitrogens with one attached hydrogen (secondary N) is 1. The summed E-state index contributed by atoms with van der Waals surface area (Å²) in [6.07, 6.45) is 0. The smallest absolute Gasteiger partial charge is 0.320 e. The second-order valence-electron chi connectivity index (χ2n) is 2.92. The second kappa shape index (κ2) is 3.69. The zero-order chi connectivity index (χ0) is 9.07. The molecule has 66 valence electrons. The number of hydrogen-bond donors (Lipinski definition) is 2. The summed E-state index contributed by atoms with van der Waals surface area (Å²) in [5.74, 6) is -0.880. The summed E-state index contributed by atoms with van der Waals surface area (Å²) >= 11 is 0. The molecule has 0 aromatic heterocycles. The van der Waals surface area contributed by atoms with Crippen molar-refractivity contribution in [3.8, 4) is 0 Å². The van der Waals surface area contributed by atoms with E-state index < -0.39 is 17.7 Å². The SMILES string of the molecule is COC(C)(C)N[C@@H](C)C(=O)O. The number of carboxylic acid groups (broad SMARTS) is 1. The topological polar surface area (TPSA) is 58.6 Å². The van der Waals surface area contributed by atoms with Crippen molar-refractivity contribution < 1.29 is 14.6 Å². The van der Waals surface area contributed by atoms with Gasteiger partial charge in [-0.15, -0.1) is 0 Å². The fraction of sp³-hybridized carbons (Fsp3) is 0.857. The molecule has 4 heteroatoms. The number of carbonyl (C=O) groups is 1. The van der Waals surface area contributed by atoms with E-state index >= 15 is 0 Å². The van der Waals surface area contributed by atoms with Crippen molar-refractivity contribution in [1.82, 2.24) is 5.32 Å². The van der Waals surface area contributed by atoms with Crippen LogP contribution in [0.1, 0.15) is 20.8 Å². The zero-order valence-corrected chi connectivity index (χ0v) is 7.34. The Balaban J connectivity index is 3.93. The molecule has 0 aromatic rings. The molecule has 1 atom stereocenters. The van der Waals surface area contributed by atoms with Crippen LogP contribution in [0.5, 0.6) is 0 Å². The molecule has 0 aliphatic heterocycles. The van der Waals surface area contributed by atoms with Crippen molar-refractivity contribution in [1.29, 1.82) is 0 Å². The molecular formula is C7H15NO3.